The van der Waals surface area contributed by atoms with Crippen LogP contribution >= 0.6 is 0 Å². The summed E-state index contributed by atoms with van der Waals surface area (Å²) < 4.78 is 6.95. The zero-order valence-electron chi connectivity index (χ0n) is 17.4. The molecule has 2 aromatic heterocycles. The quantitative estimate of drug-likeness (QED) is 0.420. The van der Waals surface area contributed by atoms with Crippen LogP contribution in [-0.2, 0) is 13.1 Å². The van der Waals surface area contributed by atoms with Gasteiger partial charge in [-0.05, 0) is 30.3 Å². The molecule has 0 aliphatic carbocycles. The van der Waals surface area contributed by atoms with Gasteiger partial charge < -0.3 is 15.4 Å². The second-order valence-corrected chi connectivity index (χ2v) is 7.05. The van der Waals surface area contributed by atoms with Crippen molar-refractivity contribution >= 4 is 16.8 Å². The van der Waals surface area contributed by atoms with E-state index >= 15 is 0 Å². The first-order valence-electron chi connectivity index (χ1n) is 10.3. The number of aromatic nitrogens is 3. The molecule has 8 nitrogen and oxygen atoms in total. The predicted molar refractivity (Wildman–Crippen MR) is 122 cm³/mol. The van der Waals surface area contributed by atoms with Gasteiger partial charge in [0.1, 0.15) is 12.4 Å². The van der Waals surface area contributed by atoms with Crippen LogP contribution in [0.1, 0.15) is 11.4 Å². The maximum Gasteiger partial charge on any atom is 0.315 e. The Morgan fingerprint density at radius 1 is 0.906 bits per heavy atom. The molecular formula is C24H23N5O3. The van der Waals surface area contributed by atoms with Crippen molar-refractivity contribution in [2.75, 3.05) is 13.2 Å². The lowest BCUT2D eigenvalue weighted by molar-refractivity contribution is 0.236. The number of ether oxygens (including phenoxy) is 1. The van der Waals surface area contributed by atoms with Crippen LogP contribution < -0.4 is 20.9 Å². The highest BCUT2D eigenvalue weighted by Crippen LogP contribution is 2.13. The Balaban J connectivity index is 1.41. The smallest absolute Gasteiger partial charge is 0.315 e. The van der Waals surface area contributed by atoms with E-state index in [-0.39, 0.29) is 24.7 Å². The van der Waals surface area contributed by atoms with Crippen LogP contribution in [0.2, 0.25) is 0 Å². The number of carbonyl (C=O) groups is 1. The summed E-state index contributed by atoms with van der Waals surface area (Å²) >= 11 is 0. The Morgan fingerprint density at radius 2 is 1.66 bits per heavy atom. The van der Waals surface area contributed by atoms with Crippen LogP contribution in [0.25, 0.3) is 10.8 Å². The van der Waals surface area contributed by atoms with Crippen LogP contribution in [0.5, 0.6) is 5.75 Å². The van der Waals surface area contributed by atoms with Crippen LogP contribution in [0.15, 0.2) is 83.8 Å². The lowest BCUT2D eigenvalue weighted by atomic mass is 10.1. The molecule has 0 radical (unpaired) electrons. The van der Waals surface area contributed by atoms with E-state index in [1.54, 1.807) is 12.3 Å². The van der Waals surface area contributed by atoms with E-state index in [2.05, 4.69) is 20.7 Å². The highest BCUT2D eigenvalue weighted by molar-refractivity contribution is 5.84. The number of fused-ring (bicyclic) bond motifs is 1. The summed E-state index contributed by atoms with van der Waals surface area (Å²) in [5, 5.41) is 11.3. The number of urea groups is 1. The lowest BCUT2D eigenvalue weighted by Gasteiger charge is -2.12. The first-order chi connectivity index (χ1) is 15.7. The standard InChI is InChI=1S/C24H23N5O3/c30-23-21-12-5-4-11-20(21)22(28-29(23)17-18-8-6-7-13-25-18)16-27-24(31)26-14-15-32-19-9-2-1-3-10-19/h1-13H,14-17H2,(H2,26,27,31). The molecule has 0 saturated heterocycles. The van der Waals surface area contributed by atoms with E-state index in [0.717, 1.165) is 11.4 Å². The van der Waals surface area contributed by atoms with Gasteiger partial charge in [-0.2, -0.15) is 5.10 Å². The molecule has 162 valence electrons. The first-order valence-corrected chi connectivity index (χ1v) is 10.3. The van der Waals surface area contributed by atoms with Gasteiger partial charge >= 0.3 is 6.03 Å². The minimum Gasteiger partial charge on any atom is -0.492 e. The number of nitrogens with one attached hydrogen (secondary N) is 2. The second kappa shape index (κ2) is 10.2. The SMILES string of the molecule is O=C(NCCOc1ccccc1)NCc1nn(Cc2ccccn2)c(=O)c2ccccc12. The average Bonchev–Trinajstić information content (AvgIpc) is 2.84. The van der Waals surface area contributed by atoms with Crippen molar-refractivity contribution in [1.29, 1.82) is 0 Å². The van der Waals surface area contributed by atoms with Crippen molar-refractivity contribution in [3.05, 3.63) is 101 Å². The molecule has 0 saturated carbocycles. The number of amides is 2. The van der Waals surface area contributed by atoms with Gasteiger partial charge in [-0.3, -0.25) is 9.78 Å². The van der Waals surface area contributed by atoms with Crippen LogP contribution in [0.4, 0.5) is 4.79 Å². The molecule has 0 aliphatic heterocycles. The van der Waals surface area contributed by atoms with E-state index in [9.17, 15) is 9.59 Å². The summed E-state index contributed by atoms with van der Waals surface area (Å²) in [4.78, 5) is 29.4. The van der Waals surface area contributed by atoms with Gasteiger partial charge in [0.25, 0.3) is 5.56 Å². The molecule has 2 aromatic carbocycles. The molecular weight excluding hydrogens is 406 g/mol. The third-order valence-electron chi connectivity index (χ3n) is 4.80. The van der Waals surface area contributed by atoms with Gasteiger partial charge in [0.2, 0.25) is 0 Å². The Bertz CT molecular complexity index is 1240. The minimum absolute atomic E-state index is 0.175. The number of nitrogens with zero attached hydrogens (tertiary/aromatic N) is 3. The molecule has 2 N–H and O–H groups in total. The fraction of sp³-hybridized carbons (Fsp3) is 0.167. The number of pyridine rings is 1. The number of carbonyl (C=O) groups excluding carboxylic acids is 1. The number of benzene rings is 2. The zero-order chi connectivity index (χ0) is 22.2. The summed E-state index contributed by atoms with van der Waals surface area (Å²) in [7, 11) is 0. The van der Waals surface area contributed by atoms with Gasteiger partial charge in [0.05, 0.1) is 36.4 Å². The molecule has 32 heavy (non-hydrogen) atoms. The molecule has 0 spiro atoms. The molecule has 0 atom stereocenters. The van der Waals surface area contributed by atoms with Crippen molar-refractivity contribution in [2.45, 2.75) is 13.1 Å². The summed E-state index contributed by atoms with van der Waals surface area (Å²) in [6, 6.07) is 21.8. The summed E-state index contributed by atoms with van der Waals surface area (Å²) in [6.07, 6.45) is 1.68. The molecule has 0 unspecified atom stereocenters. The topological polar surface area (TPSA) is 98.1 Å². The first kappa shape index (κ1) is 21.0. The van der Waals surface area contributed by atoms with Crippen molar-refractivity contribution in [3.8, 4) is 5.75 Å². The van der Waals surface area contributed by atoms with Crippen molar-refractivity contribution in [3.63, 3.8) is 0 Å². The average molecular weight is 429 g/mol. The summed E-state index contributed by atoms with van der Waals surface area (Å²) in [5.41, 5.74) is 1.14. The predicted octanol–water partition coefficient (Wildman–Crippen LogP) is 2.72. The van der Waals surface area contributed by atoms with Gasteiger partial charge in [0.15, 0.2) is 0 Å². The molecule has 0 aliphatic rings. The minimum atomic E-state index is -0.338. The maximum atomic E-state index is 12.9. The number of para-hydroxylation sites is 1. The fourth-order valence-corrected chi connectivity index (χ4v) is 3.26. The lowest BCUT2D eigenvalue weighted by Crippen LogP contribution is -2.38. The monoisotopic (exact) mass is 429 g/mol. The third-order valence-corrected chi connectivity index (χ3v) is 4.80. The van der Waals surface area contributed by atoms with Crippen molar-refractivity contribution in [1.82, 2.24) is 25.4 Å². The molecule has 4 aromatic rings. The van der Waals surface area contributed by atoms with Crippen molar-refractivity contribution in [2.24, 2.45) is 0 Å². The molecule has 8 heteroatoms. The highest BCUT2D eigenvalue weighted by Gasteiger charge is 2.12. The highest BCUT2D eigenvalue weighted by atomic mass is 16.5. The molecule has 0 fully saturated rings. The Kier molecular flexibility index (Phi) is 6.72. The van der Waals surface area contributed by atoms with Gasteiger partial charge in [-0.25, -0.2) is 9.48 Å². The largest absolute Gasteiger partial charge is 0.492 e. The van der Waals surface area contributed by atoms with E-state index in [0.29, 0.717) is 29.6 Å². The van der Waals surface area contributed by atoms with Gasteiger partial charge in [-0.15, -0.1) is 0 Å². The molecule has 2 heterocycles. The third kappa shape index (κ3) is 5.28. The van der Waals surface area contributed by atoms with E-state index in [1.807, 2.05) is 66.7 Å². The normalized spacial score (nSPS) is 10.6. The van der Waals surface area contributed by atoms with Gasteiger partial charge in [0, 0.05) is 11.6 Å². The number of rotatable bonds is 8. The number of hydrogen-bond donors (Lipinski definition) is 2. The number of hydrogen-bond acceptors (Lipinski definition) is 5. The fourth-order valence-electron chi connectivity index (χ4n) is 3.26. The van der Waals surface area contributed by atoms with Crippen LogP contribution in [0, 0.1) is 0 Å². The molecule has 4 rings (SSSR count). The van der Waals surface area contributed by atoms with Crippen LogP contribution in [-0.4, -0.2) is 33.9 Å². The van der Waals surface area contributed by atoms with Crippen LogP contribution in [0.3, 0.4) is 0 Å². The maximum absolute atomic E-state index is 12.9. The second-order valence-electron chi connectivity index (χ2n) is 7.05. The zero-order valence-corrected chi connectivity index (χ0v) is 17.4. The van der Waals surface area contributed by atoms with E-state index in [1.165, 1.54) is 4.68 Å². The Labute approximate surface area is 184 Å². The van der Waals surface area contributed by atoms with E-state index in [4.69, 9.17) is 4.74 Å². The van der Waals surface area contributed by atoms with E-state index < -0.39 is 0 Å². The van der Waals surface area contributed by atoms with Crippen molar-refractivity contribution < 1.29 is 9.53 Å². The Morgan fingerprint density at radius 3 is 2.44 bits per heavy atom. The summed E-state index contributed by atoms with van der Waals surface area (Å²) in [6.45, 7) is 1.14. The Hall–Kier alpha value is -4.20. The molecule has 2 amide bonds. The van der Waals surface area contributed by atoms with Gasteiger partial charge in [-0.1, -0.05) is 42.5 Å². The molecule has 0 bridgehead atoms. The summed E-state index contributed by atoms with van der Waals surface area (Å²) in [5.74, 6) is 0.751.